The first kappa shape index (κ1) is 12.5. The minimum absolute atomic E-state index is 1.01. The molecule has 0 aliphatic heterocycles. The highest BCUT2D eigenvalue weighted by Gasteiger charge is 1.96. The Morgan fingerprint density at radius 1 is 0.722 bits per heavy atom. The molecule has 2 aromatic heterocycles. The summed E-state index contributed by atoms with van der Waals surface area (Å²) in [6.45, 7) is 6.31. The van der Waals surface area contributed by atoms with E-state index < -0.39 is 0 Å². The molecule has 0 N–H and O–H groups in total. The summed E-state index contributed by atoms with van der Waals surface area (Å²) in [5.41, 5.74) is 2.46. The Morgan fingerprint density at radius 3 is 1.33 bits per heavy atom. The molecule has 0 amide bonds. The second kappa shape index (κ2) is 6.10. The molecular formula is C16H20N2+2. The van der Waals surface area contributed by atoms with Crippen molar-refractivity contribution in [2.24, 2.45) is 0 Å². The number of pyridine rings is 2. The Labute approximate surface area is 109 Å². The second-order valence-corrected chi connectivity index (χ2v) is 4.26. The Morgan fingerprint density at radius 2 is 1.06 bits per heavy atom. The van der Waals surface area contributed by atoms with E-state index in [9.17, 15) is 0 Å². The molecule has 0 aliphatic carbocycles. The van der Waals surface area contributed by atoms with Gasteiger partial charge in [0.25, 0.3) is 0 Å². The summed E-state index contributed by atoms with van der Waals surface area (Å²) in [6, 6.07) is 8.54. The van der Waals surface area contributed by atoms with Gasteiger partial charge in [-0.2, -0.15) is 0 Å². The standard InChI is InChI=1S/C16H20N2/c1-3-17-11-7-15(8-12-17)5-6-16-9-13-18(4-2)14-10-16/h5-14H,3-4H2,1-2H3/q+2. The fourth-order valence-corrected chi connectivity index (χ4v) is 1.77. The van der Waals surface area contributed by atoms with Crippen LogP contribution in [0.25, 0.3) is 12.2 Å². The van der Waals surface area contributed by atoms with Crippen LogP contribution in [-0.2, 0) is 13.1 Å². The molecule has 18 heavy (non-hydrogen) atoms. The van der Waals surface area contributed by atoms with E-state index in [1.807, 2.05) is 0 Å². The van der Waals surface area contributed by atoms with Crippen LogP contribution in [0.5, 0.6) is 0 Å². The lowest BCUT2D eigenvalue weighted by molar-refractivity contribution is -0.693. The zero-order valence-corrected chi connectivity index (χ0v) is 11.1. The Kier molecular flexibility index (Phi) is 4.24. The summed E-state index contributed by atoms with van der Waals surface area (Å²) in [5, 5.41) is 0. The van der Waals surface area contributed by atoms with Gasteiger partial charge in [0.05, 0.1) is 0 Å². The Hall–Kier alpha value is -1.96. The molecule has 0 bridgehead atoms. The first-order valence-electron chi connectivity index (χ1n) is 6.48. The van der Waals surface area contributed by atoms with Crippen molar-refractivity contribution in [1.29, 1.82) is 0 Å². The van der Waals surface area contributed by atoms with Crippen LogP contribution < -0.4 is 9.13 Å². The lowest BCUT2D eigenvalue weighted by atomic mass is 10.2. The number of nitrogens with zero attached hydrogens (tertiary/aromatic N) is 2. The van der Waals surface area contributed by atoms with Crippen molar-refractivity contribution in [3.63, 3.8) is 0 Å². The maximum atomic E-state index is 2.16. The summed E-state index contributed by atoms with van der Waals surface area (Å²) < 4.78 is 4.31. The lowest BCUT2D eigenvalue weighted by Gasteiger charge is -1.95. The average molecular weight is 240 g/mol. The van der Waals surface area contributed by atoms with Gasteiger partial charge in [0.1, 0.15) is 13.1 Å². The van der Waals surface area contributed by atoms with E-state index in [0.717, 1.165) is 13.1 Å². The normalized spacial score (nSPS) is 11.0. The number of hydrogen-bond acceptors (Lipinski definition) is 0. The van der Waals surface area contributed by atoms with E-state index in [2.05, 4.69) is 84.2 Å². The third-order valence-electron chi connectivity index (χ3n) is 3.03. The topological polar surface area (TPSA) is 7.76 Å². The molecule has 0 fully saturated rings. The van der Waals surface area contributed by atoms with Crippen LogP contribution in [0.3, 0.4) is 0 Å². The van der Waals surface area contributed by atoms with Crippen molar-refractivity contribution < 1.29 is 9.13 Å². The molecule has 0 unspecified atom stereocenters. The van der Waals surface area contributed by atoms with Crippen LogP contribution in [0, 0.1) is 0 Å². The van der Waals surface area contributed by atoms with Crippen molar-refractivity contribution in [2.75, 3.05) is 0 Å². The quantitative estimate of drug-likeness (QED) is 0.725. The van der Waals surface area contributed by atoms with Gasteiger partial charge in [-0.3, -0.25) is 0 Å². The van der Waals surface area contributed by atoms with Gasteiger partial charge < -0.3 is 0 Å². The summed E-state index contributed by atoms with van der Waals surface area (Å²) in [4.78, 5) is 0. The number of rotatable bonds is 4. The third-order valence-corrected chi connectivity index (χ3v) is 3.03. The van der Waals surface area contributed by atoms with Gasteiger partial charge in [-0.05, 0) is 25.0 Å². The molecule has 2 heterocycles. The van der Waals surface area contributed by atoms with Crippen molar-refractivity contribution in [2.45, 2.75) is 26.9 Å². The zero-order chi connectivity index (χ0) is 12.8. The van der Waals surface area contributed by atoms with Crippen molar-refractivity contribution in [1.82, 2.24) is 0 Å². The van der Waals surface area contributed by atoms with Gasteiger partial charge in [-0.25, -0.2) is 9.13 Å². The molecule has 2 nitrogen and oxygen atoms in total. The molecule has 92 valence electrons. The van der Waals surface area contributed by atoms with E-state index in [1.165, 1.54) is 11.1 Å². The zero-order valence-electron chi connectivity index (χ0n) is 11.1. The largest absolute Gasteiger partial charge is 0.205 e. The minimum Gasteiger partial charge on any atom is -0.205 e. The predicted molar refractivity (Wildman–Crippen MR) is 73.6 cm³/mol. The number of aromatic nitrogens is 2. The van der Waals surface area contributed by atoms with Crippen molar-refractivity contribution in [3.05, 3.63) is 60.2 Å². The second-order valence-electron chi connectivity index (χ2n) is 4.26. The highest BCUT2D eigenvalue weighted by atomic mass is 14.9. The van der Waals surface area contributed by atoms with E-state index in [-0.39, 0.29) is 0 Å². The molecular weight excluding hydrogens is 220 g/mol. The minimum atomic E-state index is 1.01. The van der Waals surface area contributed by atoms with Gasteiger partial charge in [0.15, 0.2) is 24.8 Å². The average Bonchev–Trinajstić information content (AvgIpc) is 2.46. The van der Waals surface area contributed by atoms with Gasteiger partial charge in [-0.1, -0.05) is 12.2 Å². The summed E-state index contributed by atoms with van der Waals surface area (Å²) in [5.74, 6) is 0. The molecule has 0 saturated carbocycles. The highest BCUT2D eigenvalue weighted by molar-refractivity contribution is 5.68. The number of hydrogen-bond donors (Lipinski definition) is 0. The molecule has 0 aliphatic rings. The van der Waals surface area contributed by atoms with Gasteiger partial charge in [0, 0.05) is 24.3 Å². The molecule has 2 rings (SSSR count). The molecule has 0 saturated heterocycles. The highest BCUT2D eigenvalue weighted by Crippen LogP contribution is 2.05. The molecule has 0 spiro atoms. The summed E-state index contributed by atoms with van der Waals surface area (Å²) in [6.07, 6.45) is 12.7. The maximum absolute atomic E-state index is 2.16. The lowest BCUT2D eigenvalue weighted by Crippen LogP contribution is -2.30. The molecule has 2 aromatic rings. The van der Waals surface area contributed by atoms with E-state index in [0.29, 0.717) is 0 Å². The summed E-state index contributed by atoms with van der Waals surface area (Å²) in [7, 11) is 0. The molecule has 0 atom stereocenters. The Bertz CT molecular complexity index is 460. The van der Waals surface area contributed by atoms with E-state index >= 15 is 0 Å². The van der Waals surface area contributed by atoms with Crippen molar-refractivity contribution in [3.8, 4) is 0 Å². The van der Waals surface area contributed by atoms with Crippen LogP contribution in [0.2, 0.25) is 0 Å². The van der Waals surface area contributed by atoms with Gasteiger partial charge in [-0.15, -0.1) is 0 Å². The van der Waals surface area contributed by atoms with Gasteiger partial charge >= 0.3 is 0 Å². The van der Waals surface area contributed by atoms with Crippen LogP contribution in [0.1, 0.15) is 25.0 Å². The monoisotopic (exact) mass is 240 g/mol. The van der Waals surface area contributed by atoms with Crippen LogP contribution in [0.15, 0.2) is 49.1 Å². The molecule has 0 aromatic carbocycles. The first-order valence-corrected chi connectivity index (χ1v) is 6.48. The van der Waals surface area contributed by atoms with Crippen molar-refractivity contribution >= 4 is 12.2 Å². The fraction of sp³-hybridized carbons (Fsp3) is 0.250. The molecule has 2 heteroatoms. The maximum Gasteiger partial charge on any atom is 0.169 e. The predicted octanol–water partition coefficient (Wildman–Crippen LogP) is 2.47. The van der Waals surface area contributed by atoms with Crippen LogP contribution in [-0.4, -0.2) is 0 Å². The summed E-state index contributed by atoms with van der Waals surface area (Å²) >= 11 is 0. The smallest absolute Gasteiger partial charge is 0.169 e. The Balaban J connectivity index is 2.08. The van der Waals surface area contributed by atoms with Gasteiger partial charge in [0.2, 0.25) is 0 Å². The van der Waals surface area contributed by atoms with Crippen LogP contribution in [0.4, 0.5) is 0 Å². The molecule has 0 radical (unpaired) electrons. The first-order chi connectivity index (χ1) is 8.81. The van der Waals surface area contributed by atoms with E-state index in [4.69, 9.17) is 0 Å². The van der Waals surface area contributed by atoms with E-state index in [1.54, 1.807) is 0 Å². The fourth-order valence-electron chi connectivity index (χ4n) is 1.77. The number of aryl methyl sites for hydroxylation is 2. The third kappa shape index (κ3) is 3.27. The van der Waals surface area contributed by atoms with Crippen LogP contribution >= 0.6 is 0 Å². The SMILES string of the molecule is CC[n+]1ccc(C=Cc2cc[n+](CC)cc2)cc1.